The highest BCUT2D eigenvalue weighted by atomic mass is 19.1. The van der Waals surface area contributed by atoms with Gasteiger partial charge in [0.2, 0.25) is 0 Å². The number of nitro groups is 1. The normalized spacial score (nSPS) is 10.2. The predicted octanol–water partition coefficient (Wildman–Crippen LogP) is 3.49. The summed E-state index contributed by atoms with van der Waals surface area (Å²) in [6.45, 7) is 0.169. The summed E-state index contributed by atoms with van der Waals surface area (Å²) in [4.78, 5) is 10.1. The first-order valence-corrected chi connectivity index (χ1v) is 5.48. The molecular formula is C13H10F2N2O2. The van der Waals surface area contributed by atoms with Gasteiger partial charge in [-0.25, -0.2) is 8.78 Å². The van der Waals surface area contributed by atoms with E-state index in [1.165, 1.54) is 18.2 Å². The Kier molecular flexibility index (Phi) is 3.70. The molecule has 1 N–H and O–H groups in total. The Labute approximate surface area is 107 Å². The van der Waals surface area contributed by atoms with Crippen LogP contribution in [0, 0.1) is 21.7 Å². The Balaban J connectivity index is 2.12. The monoisotopic (exact) mass is 264 g/mol. The number of nitrogens with one attached hydrogen (secondary N) is 1. The van der Waals surface area contributed by atoms with Gasteiger partial charge in [0, 0.05) is 18.7 Å². The minimum Gasteiger partial charge on any atom is -0.379 e. The van der Waals surface area contributed by atoms with Crippen LogP contribution >= 0.6 is 0 Å². The van der Waals surface area contributed by atoms with Gasteiger partial charge in [-0.05, 0) is 23.8 Å². The van der Waals surface area contributed by atoms with Gasteiger partial charge in [0.05, 0.1) is 10.6 Å². The molecule has 0 radical (unpaired) electrons. The van der Waals surface area contributed by atoms with Crippen LogP contribution in [-0.4, -0.2) is 4.92 Å². The van der Waals surface area contributed by atoms with Gasteiger partial charge in [-0.1, -0.05) is 12.1 Å². The molecule has 0 aliphatic rings. The van der Waals surface area contributed by atoms with E-state index in [4.69, 9.17) is 0 Å². The van der Waals surface area contributed by atoms with E-state index in [1.807, 2.05) is 0 Å². The molecule has 6 heteroatoms. The molecule has 0 aromatic heterocycles. The summed E-state index contributed by atoms with van der Waals surface area (Å²) in [6.07, 6.45) is 0. The molecule has 0 unspecified atom stereocenters. The summed E-state index contributed by atoms with van der Waals surface area (Å²) >= 11 is 0. The average Bonchev–Trinajstić information content (AvgIpc) is 2.40. The summed E-state index contributed by atoms with van der Waals surface area (Å²) in [7, 11) is 0. The smallest absolute Gasteiger partial charge is 0.269 e. The molecule has 19 heavy (non-hydrogen) atoms. The molecule has 2 aromatic carbocycles. The molecule has 0 fully saturated rings. The molecule has 4 nitrogen and oxygen atoms in total. The quantitative estimate of drug-likeness (QED) is 0.679. The zero-order chi connectivity index (χ0) is 13.8. The van der Waals surface area contributed by atoms with E-state index in [1.54, 1.807) is 6.07 Å². The van der Waals surface area contributed by atoms with E-state index in [2.05, 4.69) is 5.32 Å². The van der Waals surface area contributed by atoms with Crippen LogP contribution in [0.4, 0.5) is 20.2 Å². The van der Waals surface area contributed by atoms with E-state index in [9.17, 15) is 18.9 Å². The molecular weight excluding hydrogens is 254 g/mol. The number of hydrogen-bond acceptors (Lipinski definition) is 3. The maximum absolute atomic E-state index is 13.3. The second-order valence-corrected chi connectivity index (χ2v) is 3.90. The van der Waals surface area contributed by atoms with Crippen LogP contribution in [0.25, 0.3) is 0 Å². The molecule has 0 saturated heterocycles. The Hall–Kier alpha value is -2.50. The molecule has 2 aromatic rings. The minimum absolute atomic E-state index is 0.0199. The zero-order valence-corrected chi connectivity index (χ0v) is 9.77. The van der Waals surface area contributed by atoms with Crippen molar-refractivity contribution >= 4 is 11.4 Å². The van der Waals surface area contributed by atoms with Gasteiger partial charge in [0.25, 0.3) is 5.69 Å². The van der Waals surface area contributed by atoms with Crippen molar-refractivity contribution in [2.75, 3.05) is 5.32 Å². The van der Waals surface area contributed by atoms with E-state index >= 15 is 0 Å². The molecule has 0 aliphatic carbocycles. The van der Waals surface area contributed by atoms with Gasteiger partial charge in [0.1, 0.15) is 11.6 Å². The zero-order valence-electron chi connectivity index (χ0n) is 9.77. The summed E-state index contributed by atoms with van der Waals surface area (Å²) in [5.74, 6) is -1.13. The number of rotatable bonds is 4. The average molecular weight is 264 g/mol. The molecule has 98 valence electrons. The number of halogens is 2. The number of hydrogen-bond donors (Lipinski definition) is 1. The molecule has 0 spiro atoms. The SMILES string of the molecule is O=[N+]([O-])c1cccc(CNc2cc(F)ccc2F)c1. The number of nitro benzene ring substituents is 1. The highest BCUT2D eigenvalue weighted by Crippen LogP contribution is 2.18. The van der Waals surface area contributed by atoms with Gasteiger partial charge in [0.15, 0.2) is 0 Å². The topological polar surface area (TPSA) is 55.2 Å². The Morgan fingerprint density at radius 3 is 2.68 bits per heavy atom. The van der Waals surface area contributed by atoms with E-state index in [0.29, 0.717) is 5.56 Å². The van der Waals surface area contributed by atoms with Gasteiger partial charge < -0.3 is 5.32 Å². The largest absolute Gasteiger partial charge is 0.379 e. The lowest BCUT2D eigenvalue weighted by Gasteiger charge is -2.07. The molecule has 0 saturated carbocycles. The van der Waals surface area contributed by atoms with Crippen molar-refractivity contribution in [2.24, 2.45) is 0 Å². The minimum atomic E-state index is -0.577. The van der Waals surface area contributed by atoms with Gasteiger partial charge in [-0.3, -0.25) is 10.1 Å². The number of anilines is 1. The fourth-order valence-electron chi connectivity index (χ4n) is 1.61. The van der Waals surface area contributed by atoms with Gasteiger partial charge in [-0.15, -0.1) is 0 Å². The van der Waals surface area contributed by atoms with E-state index < -0.39 is 16.6 Å². The van der Waals surface area contributed by atoms with Crippen LogP contribution in [-0.2, 0) is 6.54 Å². The first-order valence-electron chi connectivity index (χ1n) is 5.48. The third-order valence-corrected chi connectivity index (χ3v) is 2.53. The highest BCUT2D eigenvalue weighted by Gasteiger charge is 2.07. The molecule has 0 atom stereocenters. The lowest BCUT2D eigenvalue weighted by Crippen LogP contribution is -2.02. The second kappa shape index (κ2) is 5.43. The Morgan fingerprint density at radius 1 is 1.16 bits per heavy atom. The highest BCUT2D eigenvalue weighted by molar-refractivity contribution is 5.46. The van der Waals surface area contributed by atoms with Crippen LogP contribution in [0.2, 0.25) is 0 Å². The molecule has 0 bridgehead atoms. The number of nitrogens with zero attached hydrogens (tertiary/aromatic N) is 1. The summed E-state index contributed by atoms with van der Waals surface area (Å²) in [6, 6.07) is 9.02. The van der Waals surface area contributed by atoms with Crippen LogP contribution < -0.4 is 5.32 Å². The maximum atomic E-state index is 13.3. The van der Waals surface area contributed by atoms with Crippen molar-refractivity contribution in [3.63, 3.8) is 0 Å². The first kappa shape index (κ1) is 12.9. The summed E-state index contributed by atoms with van der Waals surface area (Å²) in [5.41, 5.74) is 0.586. The van der Waals surface area contributed by atoms with E-state index in [0.717, 1.165) is 18.2 Å². The van der Waals surface area contributed by atoms with Gasteiger partial charge in [-0.2, -0.15) is 0 Å². The fourth-order valence-corrected chi connectivity index (χ4v) is 1.61. The fraction of sp³-hybridized carbons (Fsp3) is 0.0769. The Bertz CT molecular complexity index is 617. The summed E-state index contributed by atoms with van der Waals surface area (Å²) in [5, 5.41) is 13.3. The van der Waals surface area contributed by atoms with Crippen molar-refractivity contribution in [1.29, 1.82) is 0 Å². The molecule has 0 heterocycles. The Morgan fingerprint density at radius 2 is 1.95 bits per heavy atom. The molecule has 2 rings (SSSR count). The van der Waals surface area contributed by atoms with Crippen molar-refractivity contribution < 1.29 is 13.7 Å². The van der Waals surface area contributed by atoms with Crippen LogP contribution in [0.15, 0.2) is 42.5 Å². The maximum Gasteiger partial charge on any atom is 0.269 e. The van der Waals surface area contributed by atoms with E-state index in [-0.39, 0.29) is 17.9 Å². The van der Waals surface area contributed by atoms with Crippen molar-refractivity contribution in [1.82, 2.24) is 0 Å². The second-order valence-electron chi connectivity index (χ2n) is 3.90. The van der Waals surface area contributed by atoms with Crippen LogP contribution in [0.5, 0.6) is 0 Å². The van der Waals surface area contributed by atoms with Crippen LogP contribution in [0.3, 0.4) is 0 Å². The predicted molar refractivity (Wildman–Crippen MR) is 66.8 cm³/mol. The summed E-state index contributed by atoms with van der Waals surface area (Å²) < 4.78 is 26.3. The van der Waals surface area contributed by atoms with Crippen molar-refractivity contribution in [3.8, 4) is 0 Å². The van der Waals surface area contributed by atoms with Crippen molar-refractivity contribution in [2.45, 2.75) is 6.54 Å². The van der Waals surface area contributed by atoms with Crippen molar-refractivity contribution in [3.05, 3.63) is 69.8 Å². The third kappa shape index (κ3) is 3.25. The molecule has 0 amide bonds. The number of non-ortho nitro benzene ring substituents is 1. The molecule has 0 aliphatic heterocycles. The first-order chi connectivity index (χ1) is 9.06. The van der Waals surface area contributed by atoms with Gasteiger partial charge >= 0.3 is 0 Å². The number of benzene rings is 2. The van der Waals surface area contributed by atoms with Crippen LogP contribution in [0.1, 0.15) is 5.56 Å². The lowest BCUT2D eigenvalue weighted by molar-refractivity contribution is -0.384. The standard InChI is InChI=1S/C13H10F2N2O2/c14-10-4-5-12(15)13(7-10)16-8-9-2-1-3-11(6-9)17(18)19/h1-7,16H,8H2. The lowest BCUT2D eigenvalue weighted by atomic mass is 10.2. The third-order valence-electron chi connectivity index (χ3n) is 2.53.